The molecule has 0 saturated carbocycles. The number of carbonyl (C=O) groups is 2. The molecule has 2 N–H and O–H groups in total. The zero-order valence-electron chi connectivity index (χ0n) is 14.1. The predicted octanol–water partition coefficient (Wildman–Crippen LogP) is 3.59. The number of hydrogen-bond donors (Lipinski definition) is 2. The van der Waals surface area contributed by atoms with Gasteiger partial charge < -0.3 is 15.4 Å². The highest BCUT2D eigenvalue weighted by Gasteiger charge is 2.09. The van der Waals surface area contributed by atoms with Gasteiger partial charge >= 0.3 is 0 Å². The summed E-state index contributed by atoms with van der Waals surface area (Å²) >= 11 is 0. The number of nitrogens with zero attached hydrogens (tertiary/aromatic N) is 1. The Morgan fingerprint density at radius 2 is 1.50 bits per heavy atom. The Bertz CT molecular complexity index is 909. The lowest BCUT2D eigenvalue weighted by Gasteiger charge is -2.08. The number of ether oxygens (including phenoxy) is 1. The summed E-state index contributed by atoms with van der Waals surface area (Å²) < 4.78 is 5.07. The molecule has 3 aromatic rings. The molecule has 0 atom stereocenters. The standard InChI is InChI=1S/C20H17N3O3/c1-26-17-9-7-15(8-10-17)20(25)23-18-13-16(11-12-21-18)22-19(24)14-5-3-2-4-6-14/h2-13H,1H3,(H2,21,22,23,24,25). The number of rotatable bonds is 5. The molecular weight excluding hydrogens is 330 g/mol. The third-order valence-electron chi connectivity index (χ3n) is 3.65. The Hall–Kier alpha value is -3.67. The summed E-state index contributed by atoms with van der Waals surface area (Å²) in [6, 6.07) is 18.9. The van der Waals surface area contributed by atoms with Crippen molar-refractivity contribution in [1.29, 1.82) is 0 Å². The van der Waals surface area contributed by atoms with Gasteiger partial charge in [-0.1, -0.05) is 18.2 Å². The van der Waals surface area contributed by atoms with Crippen LogP contribution in [0.3, 0.4) is 0 Å². The predicted molar refractivity (Wildman–Crippen MR) is 99.6 cm³/mol. The van der Waals surface area contributed by atoms with Gasteiger partial charge in [-0.2, -0.15) is 0 Å². The molecule has 130 valence electrons. The summed E-state index contributed by atoms with van der Waals surface area (Å²) in [4.78, 5) is 28.6. The molecule has 1 heterocycles. The first-order chi connectivity index (χ1) is 12.7. The number of pyridine rings is 1. The summed E-state index contributed by atoms with van der Waals surface area (Å²) in [6.07, 6.45) is 1.52. The second-order valence-electron chi connectivity index (χ2n) is 5.43. The summed E-state index contributed by atoms with van der Waals surface area (Å²) in [5, 5.41) is 5.49. The largest absolute Gasteiger partial charge is 0.497 e. The molecule has 6 heteroatoms. The van der Waals surface area contributed by atoms with E-state index in [2.05, 4.69) is 15.6 Å². The summed E-state index contributed by atoms with van der Waals surface area (Å²) in [7, 11) is 1.56. The molecule has 0 radical (unpaired) electrons. The van der Waals surface area contributed by atoms with Crippen molar-refractivity contribution in [3.05, 3.63) is 84.1 Å². The van der Waals surface area contributed by atoms with Crippen LogP contribution in [0.4, 0.5) is 11.5 Å². The molecular formula is C20H17N3O3. The molecule has 0 saturated heterocycles. The van der Waals surface area contributed by atoms with Gasteiger partial charge in [0.25, 0.3) is 11.8 Å². The lowest BCUT2D eigenvalue weighted by atomic mass is 10.2. The van der Waals surface area contributed by atoms with Gasteiger partial charge in [0.1, 0.15) is 11.6 Å². The van der Waals surface area contributed by atoms with Gasteiger partial charge in [-0.15, -0.1) is 0 Å². The fraction of sp³-hybridized carbons (Fsp3) is 0.0500. The third-order valence-corrected chi connectivity index (χ3v) is 3.65. The minimum Gasteiger partial charge on any atom is -0.497 e. The molecule has 0 aliphatic carbocycles. The molecule has 3 rings (SSSR count). The maximum Gasteiger partial charge on any atom is 0.256 e. The average molecular weight is 347 g/mol. The topological polar surface area (TPSA) is 80.3 Å². The zero-order valence-corrected chi connectivity index (χ0v) is 14.1. The van der Waals surface area contributed by atoms with Crippen LogP contribution in [-0.2, 0) is 0 Å². The van der Waals surface area contributed by atoms with Crippen molar-refractivity contribution in [3.63, 3.8) is 0 Å². The van der Waals surface area contributed by atoms with Gasteiger partial charge in [0.2, 0.25) is 0 Å². The van der Waals surface area contributed by atoms with E-state index in [4.69, 9.17) is 4.74 Å². The van der Waals surface area contributed by atoms with Crippen molar-refractivity contribution in [1.82, 2.24) is 4.98 Å². The first-order valence-electron chi connectivity index (χ1n) is 7.93. The van der Waals surface area contributed by atoms with Crippen LogP contribution in [-0.4, -0.2) is 23.9 Å². The van der Waals surface area contributed by atoms with Gasteiger partial charge in [0, 0.05) is 29.1 Å². The van der Waals surface area contributed by atoms with E-state index in [-0.39, 0.29) is 11.8 Å². The number of methoxy groups -OCH3 is 1. The molecule has 6 nitrogen and oxygen atoms in total. The smallest absolute Gasteiger partial charge is 0.256 e. The van der Waals surface area contributed by atoms with Crippen LogP contribution in [0.15, 0.2) is 72.9 Å². The van der Waals surface area contributed by atoms with Crippen LogP contribution >= 0.6 is 0 Å². The van der Waals surface area contributed by atoms with E-state index in [1.54, 1.807) is 67.8 Å². The molecule has 0 bridgehead atoms. The van der Waals surface area contributed by atoms with E-state index in [0.29, 0.717) is 28.4 Å². The number of carbonyl (C=O) groups excluding carboxylic acids is 2. The Morgan fingerprint density at radius 3 is 2.19 bits per heavy atom. The van der Waals surface area contributed by atoms with E-state index < -0.39 is 0 Å². The fourth-order valence-corrected chi connectivity index (χ4v) is 2.30. The van der Waals surface area contributed by atoms with Crippen molar-refractivity contribution < 1.29 is 14.3 Å². The molecule has 0 unspecified atom stereocenters. The highest BCUT2D eigenvalue weighted by molar-refractivity contribution is 6.06. The second-order valence-corrected chi connectivity index (χ2v) is 5.43. The minimum absolute atomic E-state index is 0.232. The molecule has 1 aromatic heterocycles. The van der Waals surface area contributed by atoms with E-state index in [0.717, 1.165) is 0 Å². The van der Waals surface area contributed by atoms with Crippen LogP contribution in [0.2, 0.25) is 0 Å². The van der Waals surface area contributed by atoms with Crippen LogP contribution in [0, 0.1) is 0 Å². The van der Waals surface area contributed by atoms with Gasteiger partial charge in [-0.25, -0.2) is 4.98 Å². The van der Waals surface area contributed by atoms with Gasteiger partial charge in [0.15, 0.2) is 0 Å². The monoisotopic (exact) mass is 347 g/mol. The summed E-state index contributed by atoms with van der Waals surface area (Å²) in [5.41, 5.74) is 1.57. The molecule has 0 aliphatic heterocycles. The maximum atomic E-state index is 12.3. The highest BCUT2D eigenvalue weighted by atomic mass is 16.5. The minimum atomic E-state index is -0.299. The second kappa shape index (κ2) is 7.94. The van der Waals surface area contributed by atoms with Crippen molar-refractivity contribution in [2.75, 3.05) is 17.7 Å². The number of amides is 2. The normalized spacial score (nSPS) is 10.0. The average Bonchev–Trinajstić information content (AvgIpc) is 2.69. The summed E-state index contributed by atoms with van der Waals surface area (Å²) in [5.74, 6) is 0.484. The van der Waals surface area contributed by atoms with Crippen LogP contribution in [0.25, 0.3) is 0 Å². The third kappa shape index (κ3) is 4.24. The number of nitrogens with one attached hydrogen (secondary N) is 2. The van der Waals surface area contributed by atoms with Crippen molar-refractivity contribution in [2.24, 2.45) is 0 Å². The number of benzene rings is 2. The van der Waals surface area contributed by atoms with Crippen LogP contribution in [0.1, 0.15) is 20.7 Å². The van der Waals surface area contributed by atoms with E-state index in [1.165, 1.54) is 6.20 Å². The van der Waals surface area contributed by atoms with E-state index in [1.807, 2.05) is 6.07 Å². The zero-order chi connectivity index (χ0) is 18.4. The van der Waals surface area contributed by atoms with E-state index >= 15 is 0 Å². The number of anilines is 2. The Labute approximate surface area is 150 Å². The summed E-state index contributed by atoms with van der Waals surface area (Å²) in [6.45, 7) is 0. The molecule has 2 amide bonds. The van der Waals surface area contributed by atoms with Crippen LogP contribution in [0.5, 0.6) is 5.75 Å². The number of aromatic nitrogens is 1. The quantitative estimate of drug-likeness (QED) is 0.739. The fourth-order valence-electron chi connectivity index (χ4n) is 2.30. The van der Waals surface area contributed by atoms with Crippen molar-refractivity contribution in [2.45, 2.75) is 0 Å². The van der Waals surface area contributed by atoms with Crippen molar-refractivity contribution >= 4 is 23.3 Å². The SMILES string of the molecule is COc1ccc(C(=O)Nc2cc(NC(=O)c3ccccc3)ccn2)cc1. The van der Waals surface area contributed by atoms with Crippen LogP contribution < -0.4 is 15.4 Å². The number of hydrogen-bond acceptors (Lipinski definition) is 4. The first-order valence-corrected chi connectivity index (χ1v) is 7.93. The molecule has 26 heavy (non-hydrogen) atoms. The molecule has 0 aliphatic rings. The molecule has 0 fully saturated rings. The lowest BCUT2D eigenvalue weighted by molar-refractivity contribution is 0.101. The van der Waals surface area contributed by atoms with E-state index in [9.17, 15) is 9.59 Å². The Morgan fingerprint density at radius 1 is 0.846 bits per heavy atom. The van der Waals surface area contributed by atoms with Crippen molar-refractivity contribution in [3.8, 4) is 5.75 Å². The lowest BCUT2D eigenvalue weighted by Crippen LogP contribution is -2.14. The van der Waals surface area contributed by atoms with Gasteiger partial charge in [-0.05, 0) is 42.5 Å². The Balaban J connectivity index is 1.68. The maximum absolute atomic E-state index is 12.3. The highest BCUT2D eigenvalue weighted by Crippen LogP contribution is 2.16. The first kappa shape index (κ1) is 17.2. The Kier molecular flexibility index (Phi) is 5.24. The molecule has 2 aromatic carbocycles. The molecule has 0 spiro atoms. The van der Waals surface area contributed by atoms with Gasteiger partial charge in [-0.3, -0.25) is 9.59 Å². The van der Waals surface area contributed by atoms with Gasteiger partial charge in [0.05, 0.1) is 7.11 Å².